The van der Waals surface area contributed by atoms with E-state index in [0.717, 1.165) is 72.8 Å². The number of halogens is 1. The molecule has 4 rings (SSSR count). The van der Waals surface area contributed by atoms with Gasteiger partial charge in [0.25, 0.3) is 0 Å². The van der Waals surface area contributed by atoms with Crippen molar-refractivity contribution in [2.45, 2.75) is 97.8 Å². The zero-order chi connectivity index (χ0) is 27.8. The third-order valence-corrected chi connectivity index (χ3v) is 7.86. The molecule has 1 aliphatic rings. The molecule has 1 aliphatic heterocycles. The number of carbonyl (C=O) groups excluding carboxylic acids is 1. The van der Waals surface area contributed by atoms with E-state index in [1.165, 1.54) is 44.2 Å². The Kier molecular flexibility index (Phi) is 10.3. The number of piperazine rings is 1. The van der Waals surface area contributed by atoms with Crippen LogP contribution in [0.3, 0.4) is 0 Å². The highest BCUT2D eigenvalue weighted by molar-refractivity contribution is 5.91. The quantitative estimate of drug-likeness (QED) is 0.221. The van der Waals surface area contributed by atoms with E-state index in [1.807, 2.05) is 11.8 Å². The Morgan fingerprint density at radius 3 is 2.26 bits per heavy atom. The van der Waals surface area contributed by atoms with Crippen molar-refractivity contribution in [3.05, 3.63) is 41.6 Å². The van der Waals surface area contributed by atoms with Crippen LogP contribution in [0.4, 0.5) is 10.2 Å². The van der Waals surface area contributed by atoms with Crippen LogP contribution in [0.2, 0.25) is 0 Å². The molecule has 1 amide bonds. The van der Waals surface area contributed by atoms with Gasteiger partial charge < -0.3 is 9.80 Å². The molecule has 0 aliphatic carbocycles. The van der Waals surface area contributed by atoms with Crippen LogP contribution in [0.1, 0.15) is 102 Å². The average Bonchev–Trinajstić information content (AvgIpc) is 3.28. The van der Waals surface area contributed by atoms with E-state index in [1.54, 1.807) is 16.8 Å². The van der Waals surface area contributed by atoms with Gasteiger partial charge in [-0.1, -0.05) is 65.7 Å². The summed E-state index contributed by atoms with van der Waals surface area (Å²) in [5, 5.41) is 5.73. The molecule has 212 valence electrons. The van der Waals surface area contributed by atoms with Crippen molar-refractivity contribution in [2.24, 2.45) is 0 Å². The van der Waals surface area contributed by atoms with Crippen molar-refractivity contribution in [3.8, 4) is 5.69 Å². The molecule has 0 saturated carbocycles. The number of benzene rings is 1. The van der Waals surface area contributed by atoms with Crippen molar-refractivity contribution in [2.75, 3.05) is 31.1 Å². The molecule has 0 spiro atoms. The van der Waals surface area contributed by atoms with Gasteiger partial charge in [0.1, 0.15) is 17.5 Å². The summed E-state index contributed by atoms with van der Waals surface area (Å²) in [5.41, 5.74) is 2.37. The van der Waals surface area contributed by atoms with Crippen LogP contribution in [-0.4, -0.2) is 56.7 Å². The first-order valence-corrected chi connectivity index (χ1v) is 15.0. The number of aromatic nitrogens is 4. The second-order valence-electron chi connectivity index (χ2n) is 11.0. The monoisotopic (exact) mass is 536 g/mol. The molecule has 1 aromatic carbocycles. The maximum atomic E-state index is 13.6. The fourth-order valence-corrected chi connectivity index (χ4v) is 5.51. The molecule has 0 N–H and O–H groups in total. The van der Waals surface area contributed by atoms with E-state index in [2.05, 4.69) is 25.7 Å². The van der Waals surface area contributed by atoms with Gasteiger partial charge in [-0.2, -0.15) is 5.10 Å². The Balaban J connectivity index is 1.50. The molecule has 1 unspecified atom stereocenters. The zero-order valence-electron chi connectivity index (χ0n) is 24.3. The lowest BCUT2D eigenvalue weighted by atomic mass is 10.1. The minimum Gasteiger partial charge on any atom is -0.352 e. The molecule has 7 nitrogen and oxygen atoms in total. The molecule has 39 heavy (non-hydrogen) atoms. The number of nitrogens with zero attached hydrogens (tertiary/aromatic N) is 6. The number of rotatable bonds is 13. The summed E-state index contributed by atoms with van der Waals surface area (Å²) in [5.74, 6) is 1.90. The predicted octanol–water partition coefficient (Wildman–Crippen LogP) is 6.96. The molecule has 8 heteroatoms. The summed E-state index contributed by atoms with van der Waals surface area (Å²) in [6, 6.07) is 6.36. The molecule has 1 saturated heterocycles. The lowest BCUT2D eigenvalue weighted by Crippen LogP contribution is -2.49. The lowest BCUT2D eigenvalue weighted by Gasteiger charge is -2.36. The summed E-state index contributed by atoms with van der Waals surface area (Å²) in [7, 11) is 0. The number of unbranched alkanes of at least 4 members (excludes halogenated alkanes) is 6. The fourth-order valence-electron chi connectivity index (χ4n) is 5.51. The van der Waals surface area contributed by atoms with Gasteiger partial charge in [-0.15, -0.1) is 0 Å². The third-order valence-electron chi connectivity index (χ3n) is 7.86. The molecule has 0 bridgehead atoms. The van der Waals surface area contributed by atoms with E-state index in [4.69, 9.17) is 15.1 Å². The standard InChI is InChI=1S/C31H45FN6O/c1-5-7-8-9-10-11-12-14-27(39)36-19-21-37(22-20-36)30-28-24(4)35-38(26-17-15-25(32)16-18-26)31(28)34-29(33-30)23(3)13-6-2/h15-18,23H,5-14,19-22H2,1-4H3. The highest BCUT2D eigenvalue weighted by Gasteiger charge is 2.27. The van der Waals surface area contributed by atoms with Gasteiger partial charge in [0.05, 0.1) is 16.8 Å². The van der Waals surface area contributed by atoms with Crippen molar-refractivity contribution in [1.29, 1.82) is 0 Å². The van der Waals surface area contributed by atoms with Crippen molar-refractivity contribution < 1.29 is 9.18 Å². The van der Waals surface area contributed by atoms with Crippen LogP contribution in [-0.2, 0) is 4.79 Å². The Hall–Kier alpha value is -3.03. The number of anilines is 1. The van der Waals surface area contributed by atoms with Crippen LogP contribution in [0.25, 0.3) is 16.7 Å². The second kappa shape index (κ2) is 13.9. The first-order valence-electron chi connectivity index (χ1n) is 15.0. The molecule has 2 aromatic heterocycles. The van der Waals surface area contributed by atoms with Crippen molar-refractivity contribution in [3.63, 3.8) is 0 Å². The minimum absolute atomic E-state index is 0.208. The summed E-state index contributed by atoms with van der Waals surface area (Å²) >= 11 is 0. The number of aryl methyl sites for hydroxylation is 1. The van der Waals surface area contributed by atoms with E-state index in [-0.39, 0.29) is 17.6 Å². The van der Waals surface area contributed by atoms with E-state index in [0.29, 0.717) is 19.5 Å². The first-order chi connectivity index (χ1) is 18.9. The number of fused-ring (bicyclic) bond motifs is 1. The summed E-state index contributed by atoms with van der Waals surface area (Å²) in [6.07, 6.45) is 11.2. The van der Waals surface area contributed by atoms with Crippen LogP contribution < -0.4 is 4.90 Å². The maximum Gasteiger partial charge on any atom is 0.222 e. The molecular formula is C31H45FN6O. The summed E-state index contributed by atoms with van der Waals surface area (Å²) < 4.78 is 15.4. The molecule has 1 fully saturated rings. The number of amides is 1. The van der Waals surface area contributed by atoms with Gasteiger partial charge >= 0.3 is 0 Å². The van der Waals surface area contributed by atoms with Crippen LogP contribution in [0, 0.1) is 12.7 Å². The first kappa shape index (κ1) is 29.0. The smallest absolute Gasteiger partial charge is 0.222 e. The minimum atomic E-state index is -0.279. The normalized spacial score (nSPS) is 14.8. The zero-order valence-corrected chi connectivity index (χ0v) is 24.3. The van der Waals surface area contributed by atoms with Crippen molar-refractivity contribution in [1.82, 2.24) is 24.6 Å². The number of hydrogen-bond donors (Lipinski definition) is 0. The van der Waals surface area contributed by atoms with E-state index >= 15 is 0 Å². The Morgan fingerprint density at radius 2 is 1.59 bits per heavy atom. The van der Waals surface area contributed by atoms with Gasteiger partial charge in [-0.3, -0.25) is 4.79 Å². The van der Waals surface area contributed by atoms with Crippen molar-refractivity contribution >= 4 is 22.8 Å². The fraction of sp³-hybridized carbons (Fsp3) is 0.613. The SMILES string of the molecule is CCCCCCCCCC(=O)N1CCN(c2nc(C(C)CCC)nc3c2c(C)nn3-c2ccc(F)cc2)CC1. The molecule has 3 aromatic rings. The lowest BCUT2D eigenvalue weighted by molar-refractivity contribution is -0.131. The van der Waals surface area contributed by atoms with Gasteiger partial charge in [0.2, 0.25) is 5.91 Å². The maximum absolute atomic E-state index is 13.6. The molecule has 1 atom stereocenters. The van der Waals surface area contributed by atoms with Crippen LogP contribution in [0.15, 0.2) is 24.3 Å². The van der Waals surface area contributed by atoms with Gasteiger partial charge in [0, 0.05) is 38.5 Å². The summed E-state index contributed by atoms with van der Waals surface area (Å²) in [4.78, 5) is 27.3. The van der Waals surface area contributed by atoms with Crippen LogP contribution in [0.5, 0.6) is 0 Å². The van der Waals surface area contributed by atoms with E-state index in [9.17, 15) is 9.18 Å². The predicted molar refractivity (Wildman–Crippen MR) is 156 cm³/mol. The van der Waals surface area contributed by atoms with E-state index < -0.39 is 0 Å². The third kappa shape index (κ3) is 7.14. The van der Waals surface area contributed by atoms with Gasteiger partial charge in [-0.05, 0) is 44.0 Å². The largest absolute Gasteiger partial charge is 0.352 e. The average molecular weight is 537 g/mol. The number of hydrogen-bond acceptors (Lipinski definition) is 5. The van der Waals surface area contributed by atoms with Crippen LogP contribution >= 0.6 is 0 Å². The van der Waals surface area contributed by atoms with Gasteiger partial charge in [-0.25, -0.2) is 19.0 Å². The summed E-state index contributed by atoms with van der Waals surface area (Å²) in [6.45, 7) is 11.4. The van der Waals surface area contributed by atoms with Gasteiger partial charge in [0.15, 0.2) is 5.65 Å². The Labute approximate surface area is 232 Å². The molecular weight excluding hydrogens is 491 g/mol. The molecule has 0 radical (unpaired) electrons. The number of carbonyl (C=O) groups is 1. The Bertz CT molecular complexity index is 1220. The highest BCUT2D eigenvalue weighted by atomic mass is 19.1. The second-order valence-corrected chi connectivity index (χ2v) is 11.0. The highest BCUT2D eigenvalue weighted by Crippen LogP contribution is 2.32. The Morgan fingerprint density at radius 1 is 0.923 bits per heavy atom. The molecule has 3 heterocycles. The topological polar surface area (TPSA) is 67.2 Å².